The van der Waals surface area contributed by atoms with E-state index in [-0.39, 0.29) is 83.0 Å². The van der Waals surface area contributed by atoms with Gasteiger partial charge in [0.1, 0.15) is 46.1 Å². The smallest absolute Gasteiger partial charge is 0.371 e. The Balaban J connectivity index is 0.000000222. The van der Waals surface area contributed by atoms with Gasteiger partial charge in [-0.25, -0.2) is 14.8 Å². The fourth-order valence-corrected chi connectivity index (χ4v) is 9.87. The molecule has 2 aliphatic carbocycles. The van der Waals surface area contributed by atoms with Crippen LogP contribution in [0.25, 0.3) is 22.1 Å². The Morgan fingerprint density at radius 3 is 1.54 bits per heavy atom. The summed E-state index contributed by atoms with van der Waals surface area (Å²) in [4.78, 5) is 95.5. The second-order valence-corrected chi connectivity index (χ2v) is 24.3. The number of nitro benzene ring substituents is 1. The number of carboxylic acids is 1. The zero-order valence-electron chi connectivity index (χ0n) is 52.7. The summed E-state index contributed by atoms with van der Waals surface area (Å²) in [5.74, 6) is -0.217. The number of aromatic carboxylic acids is 1. The summed E-state index contributed by atoms with van der Waals surface area (Å²) in [5.41, 5.74) is 25.7. The number of ketones is 1. The van der Waals surface area contributed by atoms with Gasteiger partial charge in [0.25, 0.3) is 9.48 Å². The lowest BCUT2D eigenvalue weighted by molar-refractivity contribution is -0.384. The normalized spacial score (nSPS) is 16.3. The third-order valence-electron chi connectivity index (χ3n) is 15.1. The second kappa shape index (κ2) is 36.5. The number of carboxylic acid groups (broad SMARTS) is 1. The zero-order valence-corrected chi connectivity index (χ0v) is 54.9. The summed E-state index contributed by atoms with van der Waals surface area (Å²) in [5, 5.41) is 55.3. The third kappa shape index (κ3) is 23.3. The average molecular weight is 1380 g/mol. The quantitative estimate of drug-likeness (QED) is 0.00653. The van der Waals surface area contributed by atoms with Crippen LogP contribution in [0.1, 0.15) is 91.9 Å². The number of carbonyl (C=O) groups is 6. The molecule has 4 aromatic carbocycles. The predicted molar refractivity (Wildman–Crippen MR) is 355 cm³/mol. The minimum absolute atomic E-state index is 0.00648. The molecule has 2 aromatic heterocycles. The van der Waals surface area contributed by atoms with Crippen LogP contribution in [0.2, 0.25) is 0 Å². The highest BCUT2D eigenvalue weighted by atomic mass is 35.6. The van der Waals surface area contributed by atoms with E-state index in [2.05, 4.69) is 52.0 Å². The number of hydrogen-bond donors (Lipinski definition) is 12. The van der Waals surface area contributed by atoms with E-state index in [1.165, 1.54) is 33.5 Å². The number of Topliss-reactive ketones (excluding diaryl/α,β-unsaturated/α-hetero) is 1. The molecular formula is C62H77Cl3N16O14. The highest BCUT2D eigenvalue weighted by molar-refractivity contribution is 6.76. The molecule has 2 saturated heterocycles. The maximum absolute atomic E-state index is 13.0. The first-order valence-corrected chi connectivity index (χ1v) is 30.8. The molecule has 0 unspecified atom stereocenters. The van der Waals surface area contributed by atoms with Crippen LogP contribution in [0.3, 0.4) is 0 Å². The summed E-state index contributed by atoms with van der Waals surface area (Å²) in [7, 11) is 7.30. The van der Waals surface area contributed by atoms with Crippen molar-refractivity contribution in [1.82, 2.24) is 41.2 Å². The molecule has 0 spiro atoms. The van der Waals surface area contributed by atoms with Crippen molar-refractivity contribution in [3.63, 3.8) is 0 Å². The van der Waals surface area contributed by atoms with Crippen molar-refractivity contribution in [3.8, 4) is 35.1 Å². The van der Waals surface area contributed by atoms with Crippen LogP contribution in [-0.2, 0) is 23.9 Å². The molecule has 0 radical (unpaired) electrons. The summed E-state index contributed by atoms with van der Waals surface area (Å²) in [6.45, 7) is 1.24. The number of fused-ring (bicyclic) bond motifs is 2. The summed E-state index contributed by atoms with van der Waals surface area (Å²) < 4.78 is 22.7. The largest absolute Gasteiger partial charge is 0.495 e. The Bertz CT molecular complexity index is 3750. The van der Waals surface area contributed by atoms with Gasteiger partial charge in [0.2, 0.25) is 35.4 Å². The number of para-hydroxylation sites is 4. The van der Waals surface area contributed by atoms with Gasteiger partial charge >= 0.3 is 5.97 Å². The maximum atomic E-state index is 13.0. The number of hydrogen-bond acceptors (Lipinski definition) is 22. The van der Waals surface area contributed by atoms with Crippen molar-refractivity contribution in [2.75, 3.05) is 65.8 Å². The van der Waals surface area contributed by atoms with Gasteiger partial charge in [-0.2, -0.15) is 10.5 Å². The highest BCUT2D eigenvalue weighted by Gasteiger charge is 2.35. The van der Waals surface area contributed by atoms with E-state index in [0.717, 1.165) is 32.1 Å². The molecule has 33 heteroatoms. The molecule has 30 nitrogen and oxygen atoms in total. The number of nitriles is 2. The number of rotatable bonds is 21. The number of nitrogens with one attached hydrogen (secondary N) is 7. The fraction of sp³-hybridized carbons (Fsp3) is 0.435. The Hall–Kier alpha value is -9.88. The Kier molecular flexibility index (Phi) is 29.2. The number of benzene rings is 4. The minimum Gasteiger partial charge on any atom is -0.495 e. The summed E-state index contributed by atoms with van der Waals surface area (Å²) in [6.07, 6.45) is 7.70. The first kappa shape index (κ1) is 75.8. The third-order valence-corrected chi connectivity index (χ3v) is 15.7. The van der Waals surface area contributed by atoms with Gasteiger partial charge in [-0.3, -0.25) is 39.5 Å². The van der Waals surface area contributed by atoms with Gasteiger partial charge in [0.15, 0.2) is 17.3 Å². The first-order chi connectivity index (χ1) is 45.2. The van der Waals surface area contributed by atoms with E-state index in [1.54, 1.807) is 62.8 Å². The van der Waals surface area contributed by atoms with E-state index in [9.17, 15) is 44.1 Å². The van der Waals surface area contributed by atoms with Crippen LogP contribution in [0.15, 0.2) is 72.8 Å². The Morgan fingerprint density at radius 2 is 1.13 bits per heavy atom. The summed E-state index contributed by atoms with van der Waals surface area (Å²) >= 11 is 15.5. The number of carbonyl (C=O) groups excluding carboxylic acids is 5. The van der Waals surface area contributed by atoms with Crippen LogP contribution in [0.5, 0.6) is 23.0 Å². The monoisotopic (exact) mass is 1370 g/mol. The van der Waals surface area contributed by atoms with Gasteiger partial charge in [0, 0.05) is 43.3 Å². The molecule has 6 atom stereocenters. The van der Waals surface area contributed by atoms with Crippen molar-refractivity contribution < 1.29 is 62.5 Å². The number of nitrogens with zero attached hydrogens (tertiary/aromatic N) is 5. The van der Waals surface area contributed by atoms with Gasteiger partial charge in [-0.05, 0) is 92.8 Å². The molecule has 2 aliphatic heterocycles. The summed E-state index contributed by atoms with van der Waals surface area (Å²) in [6, 6.07) is 22.6. The van der Waals surface area contributed by atoms with Crippen LogP contribution in [0.4, 0.5) is 22.7 Å². The molecule has 10 rings (SSSR count). The molecular weight excluding hydrogens is 1300 g/mol. The Morgan fingerprint density at radius 1 is 0.684 bits per heavy atom. The lowest BCUT2D eigenvalue weighted by atomic mass is 9.93. The van der Waals surface area contributed by atoms with Crippen molar-refractivity contribution in [1.29, 1.82) is 15.9 Å². The highest BCUT2D eigenvalue weighted by Crippen LogP contribution is 2.38. The number of ether oxygens (including phenoxy) is 5. The van der Waals surface area contributed by atoms with Gasteiger partial charge < -0.3 is 83.0 Å². The molecule has 4 aliphatic rings. The minimum atomic E-state index is -1.71. The number of nitrogen functional groups attached to an aromatic ring is 3. The number of aromatic nitrogens is 4. The fourth-order valence-electron chi connectivity index (χ4n) is 9.64. The van der Waals surface area contributed by atoms with Crippen LogP contribution in [-0.4, -0.2) is 142 Å². The number of nitro groups is 1. The number of imidazole rings is 2. The number of H-pyrrole nitrogens is 2. The second-order valence-electron chi connectivity index (χ2n) is 22.0. The lowest BCUT2D eigenvalue weighted by Crippen LogP contribution is -2.46. The molecule has 0 bridgehead atoms. The zero-order chi connectivity index (χ0) is 70.1. The number of nitrogens with two attached hydrogens (primary N) is 4. The predicted octanol–water partition coefficient (Wildman–Crippen LogP) is 7.04. The molecule has 2 saturated carbocycles. The number of anilines is 3. The van der Waals surface area contributed by atoms with Crippen molar-refractivity contribution in [2.24, 2.45) is 35.3 Å². The van der Waals surface area contributed by atoms with Crippen molar-refractivity contribution in [3.05, 3.63) is 94.6 Å². The number of halogens is 3. The molecule has 510 valence electrons. The average Bonchev–Trinajstić information content (AvgIpc) is 1.69. The number of alkyl halides is 3. The molecule has 4 amide bonds. The van der Waals surface area contributed by atoms with Crippen molar-refractivity contribution in [2.45, 2.75) is 92.5 Å². The van der Waals surface area contributed by atoms with Crippen molar-refractivity contribution >= 4 is 121 Å². The number of aromatic amines is 2. The maximum Gasteiger partial charge on any atom is 0.371 e. The van der Waals surface area contributed by atoms with Crippen LogP contribution in [0, 0.1) is 67.8 Å². The van der Waals surface area contributed by atoms with Gasteiger partial charge in [-0.15, -0.1) is 0 Å². The van der Waals surface area contributed by atoms with Crippen LogP contribution < -0.4 is 63.1 Å². The molecule has 16 N–H and O–H groups in total. The van der Waals surface area contributed by atoms with Gasteiger partial charge in [0.05, 0.1) is 81.1 Å². The van der Waals surface area contributed by atoms with E-state index in [1.807, 2.05) is 18.2 Å². The molecule has 4 fully saturated rings. The Labute approximate surface area is 561 Å². The number of methoxy groups -OCH3 is 5. The standard InChI is InChI=1S/C23H27N5O4.C13H20N4O2.C9H8N2O3.C7H8N2O3.C7H10N2O.C3H4Cl3NO/c1-32-19-4-2-3-17-20(19)28-21(27-17)18(29)11-15(9-13-5-6-13)23(31)26-16(12-24)10-14-7-8-25-22(14)30;14-7-10(6-9-3-4-16-12(9)18)17-13(19)11(15)5-8-1-2-8;1-14-6-4-2-3-5-7(6)11-8(10-5)9(12)13;1-12-6-4-2-3-5(7(6)8)9(10)11;1-10-6-4-2-3-5(8)7(6)9;1-8-2(7)3(4,5)6/h2-4,13-16H,5-11H2,1H3,(H,25,30)(H,26,31)(H,27,28);8-11H,1-6,15H2,(H,16,18)(H,17,19);2-4H,1H3,(H,10,11)(H,12,13);2-4H,8H2,1H3;2-4H,8-9H2,1H3;7H,1H3/t14-,15+,16-;9-,10-,11-;;;;/m00..../s1. The van der Waals surface area contributed by atoms with Gasteiger partial charge in [-0.1, -0.05) is 84.8 Å². The molecule has 4 heterocycles. The van der Waals surface area contributed by atoms with E-state index < -0.39 is 38.7 Å². The molecule has 95 heavy (non-hydrogen) atoms. The SMILES string of the molecule is COC(=N)C(Cl)(Cl)Cl.COc1cccc(N)c1N.COc1cccc([N+](=O)[O-])c1N.COc1cccc2[nH]c(C(=O)C[C@@H](CC3CC3)C(=O)N[C@H](C#N)C[C@@H]3CCNC3=O)nc12.COc1cccc2[nH]c(C(=O)O)nc12.N#C[C@H](C[C@@H]1CCNC1=O)NC(=O)[C@@H](N)CC1CC1. The molecule has 6 aromatic rings. The van der Waals surface area contributed by atoms with E-state index >= 15 is 0 Å². The van der Waals surface area contributed by atoms with E-state index in [0.29, 0.717) is 107 Å². The topological polar surface area (TPSA) is 493 Å². The first-order valence-electron chi connectivity index (χ1n) is 29.7. The lowest BCUT2D eigenvalue weighted by Gasteiger charge is -2.19. The van der Waals surface area contributed by atoms with E-state index in [4.69, 9.17) is 92.5 Å². The van der Waals surface area contributed by atoms with Crippen LogP contribution >= 0.6 is 34.8 Å². The number of amides is 4.